The molecule has 54 heavy (non-hydrogen) atoms. The summed E-state index contributed by atoms with van der Waals surface area (Å²) >= 11 is 1.54. The summed E-state index contributed by atoms with van der Waals surface area (Å²) in [7, 11) is 3.20. The number of H-pyrrole nitrogens is 1. The SMILES string of the molecule is CCN1CC2(O)Cc3cc(C)c(OC)c(O)c3C1[C@@H]1[C@@H]3SC[C@]4(NCCc5c4[nH]c4ccc(OC)cc54)C(=O)OCC(c4c5c(c(C)c(O)c43)OCO5)N12. The van der Waals surface area contributed by atoms with E-state index in [1.165, 1.54) is 0 Å². The monoisotopic (exact) mass is 756 g/mol. The Morgan fingerprint density at radius 2 is 1.85 bits per heavy atom. The normalized spacial score (nSPS) is 30.7. The molecule has 8 aliphatic heterocycles. The highest BCUT2D eigenvalue weighted by Gasteiger charge is 2.64. The van der Waals surface area contributed by atoms with Gasteiger partial charge in [-0.05, 0) is 61.7 Å². The van der Waals surface area contributed by atoms with Gasteiger partial charge in [-0.15, -0.1) is 11.8 Å². The first-order valence-corrected chi connectivity index (χ1v) is 19.6. The summed E-state index contributed by atoms with van der Waals surface area (Å²) in [6.07, 6.45) is 0.918. The summed E-state index contributed by atoms with van der Waals surface area (Å²) in [6.45, 7) is 7.05. The van der Waals surface area contributed by atoms with Crippen LogP contribution in [0.25, 0.3) is 10.9 Å². The van der Waals surface area contributed by atoms with E-state index in [1.54, 1.807) is 26.0 Å². The van der Waals surface area contributed by atoms with Crippen molar-refractivity contribution in [2.24, 2.45) is 0 Å². The molecular formula is C40H44N4O9S. The smallest absolute Gasteiger partial charge is 0.333 e. The third-order valence-electron chi connectivity index (χ3n) is 12.8. The fraction of sp³-hybridized carbons (Fsp3) is 0.475. The van der Waals surface area contributed by atoms with Gasteiger partial charge in [-0.2, -0.15) is 0 Å². The molecule has 4 unspecified atom stereocenters. The minimum Gasteiger partial charge on any atom is -0.507 e. The average molecular weight is 757 g/mol. The van der Waals surface area contributed by atoms with E-state index >= 15 is 0 Å². The van der Waals surface area contributed by atoms with Gasteiger partial charge >= 0.3 is 5.97 Å². The van der Waals surface area contributed by atoms with Gasteiger partial charge in [-0.1, -0.05) is 13.0 Å². The number of hydrogen-bond acceptors (Lipinski definition) is 13. The highest BCUT2D eigenvalue weighted by atomic mass is 32.2. The average Bonchev–Trinajstić information content (AvgIpc) is 3.75. The molecule has 0 saturated carbocycles. The number of phenolic OH excluding ortho intramolecular Hbond substituents is 2. The number of nitrogens with zero attached hydrogens (tertiary/aromatic N) is 2. The molecule has 8 aliphatic rings. The van der Waals surface area contributed by atoms with Gasteiger partial charge in [0.15, 0.2) is 28.5 Å². The number of aromatic nitrogens is 1. The van der Waals surface area contributed by atoms with Crippen molar-refractivity contribution in [2.75, 3.05) is 53.0 Å². The number of nitrogens with one attached hydrogen (secondary N) is 2. The zero-order valence-corrected chi connectivity index (χ0v) is 31.7. The number of likely N-dealkylation sites (N-methyl/N-ethyl adjacent to an activating group) is 1. The van der Waals surface area contributed by atoms with Crippen molar-refractivity contribution in [2.45, 2.75) is 68.3 Å². The molecule has 12 rings (SSSR count). The molecule has 0 amide bonds. The number of aryl methyl sites for hydroxylation is 1. The number of aromatic amines is 1. The predicted octanol–water partition coefficient (Wildman–Crippen LogP) is 4.36. The van der Waals surface area contributed by atoms with Crippen LogP contribution in [0, 0.1) is 13.8 Å². The van der Waals surface area contributed by atoms with Crippen molar-refractivity contribution in [1.29, 1.82) is 0 Å². The number of esters is 1. The van der Waals surface area contributed by atoms with E-state index in [0.717, 1.165) is 39.0 Å². The summed E-state index contributed by atoms with van der Waals surface area (Å²) in [6, 6.07) is 6.23. The van der Waals surface area contributed by atoms with Crippen LogP contribution < -0.4 is 24.3 Å². The van der Waals surface area contributed by atoms with E-state index in [9.17, 15) is 20.1 Å². The number of thioether (sulfide) groups is 1. The second kappa shape index (κ2) is 11.8. The van der Waals surface area contributed by atoms with Gasteiger partial charge in [0, 0.05) is 64.5 Å². The molecule has 2 saturated heterocycles. The molecule has 14 heteroatoms. The summed E-state index contributed by atoms with van der Waals surface area (Å²) in [5.74, 6) is 2.04. The van der Waals surface area contributed by atoms with Crippen molar-refractivity contribution in [3.8, 4) is 34.5 Å². The number of fused-ring (bicyclic) bond motifs is 8. The summed E-state index contributed by atoms with van der Waals surface area (Å²) in [5.41, 5.74) is 4.18. The number of carbonyl (C=O) groups is 1. The Morgan fingerprint density at radius 3 is 2.63 bits per heavy atom. The first kappa shape index (κ1) is 34.2. The van der Waals surface area contributed by atoms with E-state index in [4.69, 9.17) is 23.7 Å². The van der Waals surface area contributed by atoms with Crippen LogP contribution in [0.5, 0.6) is 34.5 Å². The predicted molar refractivity (Wildman–Crippen MR) is 200 cm³/mol. The number of carbonyl (C=O) groups excluding carboxylic acids is 1. The van der Waals surface area contributed by atoms with Crippen molar-refractivity contribution in [3.05, 3.63) is 68.9 Å². The molecule has 3 aromatic carbocycles. The Bertz CT molecular complexity index is 2280. The Morgan fingerprint density at radius 1 is 1.04 bits per heavy atom. The van der Waals surface area contributed by atoms with Crippen LogP contribution in [-0.2, 0) is 27.9 Å². The molecule has 1 spiro atoms. The number of ether oxygens (including phenoxy) is 5. The molecule has 4 bridgehead atoms. The number of aromatic hydroxyl groups is 2. The molecule has 4 aromatic rings. The minimum atomic E-state index is -1.46. The van der Waals surface area contributed by atoms with Crippen LogP contribution >= 0.6 is 11.8 Å². The first-order chi connectivity index (χ1) is 26.0. The maximum absolute atomic E-state index is 14.8. The van der Waals surface area contributed by atoms with E-state index in [1.807, 2.05) is 38.1 Å². The minimum absolute atomic E-state index is 0.0182. The van der Waals surface area contributed by atoms with Crippen molar-refractivity contribution in [1.82, 2.24) is 20.1 Å². The van der Waals surface area contributed by atoms with Gasteiger partial charge < -0.3 is 44.0 Å². The second-order valence-electron chi connectivity index (χ2n) is 15.4. The molecule has 5 N–H and O–H groups in total. The fourth-order valence-corrected chi connectivity index (χ4v) is 12.3. The zero-order chi connectivity index (χ0) is 37.4. The molecular weight excluding hydrogens is 713 g/mol. The molecule has 2 fully saturated rings. The number of methoxy groups -OCH3 is 2. The van der Waals surface area contributed by atoms with Gasteiger partial charge in [0.25, 0.3) is 0 Å². The lowest BCUT2D eigenvalue weighted by Crippen LogP contribution is -2.70. The van der Waals surface area contributed by atoms with Crippen LogP contribution in [0.2, 0.25) is 0 Å². The molecule has 7 atom stereocenters. The first-order valence-electron chi connectivity index (χ1n) is 18.6. The number of aliphatic hydroxyl groups is 1. The van der Waals surface area contributed by atoms with E-state index in [0.29, 0.717) is 59.0 Å². The molecule has 13 nitrogen and oxygen atoms in total. The van der Waals surface area contributed by atoms with Gasteiger partial charge in [0.2, 0.25) is 6.79 Å². The van der Waals surface area contributed by atoms with Crippen molar-refractivity contribution >= 4 is 28.6 Å². The molecule has 0 radical (unpaired) electrons. The quantitative estimate of drug-likeness (QED) is 0.188. The van der Waals surface area contributed by atoms with Crippen LogP contribution in [0.1, 0.15) is 68.9 Å². The molecule has 9 heterocycles. The molecule has 284 valence electrons. The second-order valence-corrected chi connectivity index (χ2v) is 16.5. The van der Waals surface area contributed by atoms with E-state index < -0.39 is 40.6 Å². The van der Waals surface area contributed by atoms with Crippen LogP contribution in [0.4, 0.5) is 0 Å². The molecule has 0 aliphatic carbocycles. The van der Waals surface area contributed by atoms with Crippen molar-refractivity contribution < 1.29 is 43.8 Å². The maximum atomic E-state index is 14.8. The van der Waals surface area contributed by atoms with Crippen LogP contribution in [-0.4, -0.2) is 101 Å². The standard InChI is InChI=1S/C40H44N4O9S/c1-6-43-15-39(48)13-20-11-18(2)33(50-5)32(46)26(20)29(43)30-36-28-27(35-34(52-17-53-35)19(3)31(28)45)25(44(30)39)14-51-38(47)40(16-54-36)37-22(9-10-41-40)23-12-21(49-4)7-8-24(23)42-37/h7-8,11-12,25,29-30,36,41-42,45-46,48H,6,9-10,13-17H2,1-5H3/t25?,29?,30-,36-,39?,40-/m1/s1. The van der Waals surface area contributed by atoms with Gasteiger partial charge in [0.1, 0.15) is 23.8 Å². The third kappa shape index (κ3) is 4.34. The van der Waals surface area contributed by atoms with Gasteiger partial charge in [-0.3, -0.25) is 15.1 Å². The largest absolute Gasteiger partial charge is 0.507 e. The third-order valence-corrected chi connectivity index (χ3v) is 14.3. The highest BCUT2D eigenvalue weighted by Crippen LogP contribution is 2.65. The van der Waals surface area contributed by atoms with Gasteiger partial charge in [-0.25, -0.2) is 4.79 Å². The lowest BCUT2D eigenvalue weighted by Gasteiger charge is -2.61. The number of piperazine rings is 1. The number of benzene rings is 3. The Hall–Kier alpha value is -4.34. The Balaban J connectivity index is 1.22. The van der Waals surface area contributed by atoms with Crippen LogP contribution in [0.15, 0.2) is 24.3 Å². The van der Waals surface area contributed by atoms with E-state index in [-0.39, 0.29) is 43.6 Å². The topological polar surface area (TPSA) is 158 Å². The zero-order valence-electron chi connectivity index (χ0n) is 30.9. The highest BCUT2D eigenvalue weighted by molar-refractivity contribution is 7.99. The Labute approximate surface area is 316 Å². The Kier molecular flexibility index (Phi) is 7.49. The number of rotatable bonds is 3. The van der Waals surface area contributed by atoms with Crippen LogP contribution in [0.3, 0.4) is 0 Å². The summed E-state index contributed by atoms with van der Waals surface area (Å²) in [5, 5.41) is 41.6. The lowest BCUT2D eigenvalue weighted by atomic mass is 9.78. The number of phenols is 2. The van der Waals surface area contributed by atoms with Crippen molar-refractivity contribution in [3.63, 3.8) is 0 Å². The number of hydrogen-bond donors (Lipinski definition) is 5. The van der Waals surface area contributed by atoms with E-state index in [2.05, 4.69) is 27.0 Å². The maximum Gasteiger partial charge on any atom is 0.333 e. The fourth-order valence-electron chi connectivity index (χ4n) is 10.6. The van der Waals surface area contributed by atoms with Gasteiger partial charge in [0.05, 0.1) is 37.2 Å². The molecule has 1 aromatic heterocycles. The summed E-state index contributed by atoms with van der Waals surface area (Å²) in [4.78, 5) is 22.7. The summed E-state index contributed by atoms with van der Waals surface area (Å²) < 4.78 is 30.0. The lowest BCUT2D eigenvalue weighted by molar-refractivity contribution is -0.218.